The average molecular weight is 353 g/mol. The Hall–Kier alpha value is -2.63. The first-order valence-corrected chi connectivity index (χ1v) is 9.41. The van der Waals surface area contributed by atoms with Crippen LogP contribution in [-0.2, 0) is 4.79 Å². The Morgan fingerprint density at radius 2 is 1.77 bits per heavy atom. The van der Waals surface area contributed by atoms with E-state index in [1.165, 1.54) is 6.42 Å². The first-order valence-electron chi connectivity index (χ1n) is 9.41. The van der Waals surface area contributed by atoms with Gasteiger partial charge in [0, 0.05) is 35.6 Å². The molecule has 1 aromatic carbocycles. The molecule has 0 bridgehead atoms. The van der Waals surface area contributed by atoms with Crippen molar-refractivity contribution in [2.24, 2.45) is 5.92 Å². The van der Waals surface area contributed by atoms with E-state index in [4.69, 9.17) is 0 Å². The molecule has 1 fully saturated rings. The number of benzene rings is 1. The third kappa shape index (κ3) is 4.94. The molecule has 138 valence electrons. The predicted octanol–water partition coefficient (Wildman–Crippen LogP) is 4.48. The maximum absolute atomic E-state index is 12.3. The molecule has 1 aromatic heterocycles. The lowest BCUT2D eigenvalue weighted by Crippen LogP contribution is -2.24. The SMILES string of the molecule is CCNc1cc(C)nc(Nc2ccc(NC(=O)C3CCCCC3)cc2)n1. The van der Waals surface area contributed by atoms with E-state index in [1.807, 2.05) is 44.2 Å². The molecule has 1 saturated carbocycles. The Bertz CT molecular complexity index is 738. The zero-order chi connectivity index (χ0) is 18.4. The second-order valence-corrected chi connectivity index (χ2v) is 6.78. The summed E-state index contributed by atoms with van der Waals surface area (Å²) in [5, 5.41) is 9.44. The van der Waals surface area contributed by atoms with Crippen molar-refractivity contribution in [2.75, 3.05) is 22.5 Å². The Balaban J connectivity index is 1.61. The van der Waals surface area contributed by atoms with Crippen LogP contribution in [0.15, 0.2) is 30.3 Å². The van der Waals surface area contributed by atoms with Gasteiger partial charge in [0.2, 0.25) is 11.9 Å². The van der Waals surface area contributed by atoms with E-state index in [0.717, 1.165) is 55.1 Å². The fourth-order valence-electron chi connectivity index (χ4n) is 3.27. The second-order valence-electron chi connectivity index (χ2n) is 6.78. The highest BCUT2D eigenvalue weighted by molar-refractivity contribution is 5.92. The first-order chi connectivity index (χ1) is 12.6. The van der Waals surface area contributed by atoms with Gasteiger partial charge in [-0.25, -0.2) is 4.98 Å². The third-order valence-corrected chi connectivity index (χ3v) is 4.60. The molecular formula is C20H27N5O. The molecule has 0 spiro atoms. The van der Waals surface area contributed by atoms with Crippen LogP contribution >= 0.6 is 0 Å². The van der Waals surface area contributed by atoms with Gasteiger partial charge in [-0.2, -0.15) is 4.98 Å². The fraction of sp³-hybridized carbons (Fsp3) is 0.450. The summed E-state index contributed by atoms with van der Waals surface area (Å²) in [6.45, 7) is 4.79. The minimum absolute atomic E-state index is 0.141. The van der Waals surface area contributed by atoms with Crippen LogP contribution in [-0.4, -0.2) is 22.4 Å². The molecule has 1 heterocycles. The lowest BCUT2D eigenvalue weighted by Gasteiger charge is -2.20. The van der Waals surface area contributed by atoms with Gasteiger partial charge in [-0.1, -0.05) is 19.3 Å². The molecule has 0 aliphatic heterocycles. The molecule has 0 atom stereocenters. The van der Waals surface area contributed by atoms with E-state index in [1.54, 1.807) is 0 Å². The lowest BCUT2D eigenvalue weighted by atomic mass is 9.88. The molecular weight excluding hydrogens is 326 g/mol. The highest BCUT2D eigenvalue weighted by atomic mass is 16.1. The summed E-state index contributed by atoms with van der Waals surface area (Å²) in [4.78, 5) is 21.2. The molecule has 0 unspecified atom stereocenters. The number of nitrogens with one attached hydrogen (secondary N) is 3. The zero-order valence-corrected chi connectivity index (χ0v) is 15.5. The summed E-state index contributed by atoms with van der Waals surface area (Å²) in [5.41, 5.74) is 2.60. The van der Waals surface area contributed by atoms with E-state index in [9.17, 15) is 4.79 Å². The molecule has 26 heavy (non-hydrogen) atoms. The van der Waals surface area contributed by atoms with Gasteiger partial charge in [0.05, 0.1) is 0 Å². The van der Waals surface area contributed by atoms with Crippen molar-refractivity contribution in [2.45, 2.75) is 46.0 Å². The van der Waals surface area contributed by atoms with Crippen LogP contribution in [0, 0.1) is 12.8 Å². The summed E-state index contributed by atoms with van der Waals surface area (Å²) in [6, 6.07) is 9.58. The number of nitrogens with zero attached hydrogens (tertiary/aromatic N) is 2. The summed E-state index contributed by atoms with van der Waals surface area (Å²) in [6.07, 6.45) is 5.58. The Kier molecular flexibility index (Phi) is 6.04. The number of carbonyl (C=O) groups excluding carboxylic acids is 1. The molecule has 1 aliphatic carbocycles. The van der Waals surface area contributed by atoms with Crippen LogP contribution < -0.4 is 16.0 Å². The van der Waals surface area contributed by atoms with Crippen molar-refractivity contribution in [1.29, 1.82) is 0 Å². The Morgan fingerprint density at radius 3 is 2.46 bits per heavy atom. The fourth-order valence-corrected chi connectivity index (χ4v) is 3.27. The van der Waals surface area contributed by atoms with E-state index in [0.29, 0.717) is 5.95 Å². The van der Waals surface area contributed by atoms with Gasteiger partial charge in [-0.3, -0.25) is 4.79 Å². The summed E-state index contributed by atoms with van der Waals surface area (Å²) >= 11 is 0. The number of carbonyl (C=O) groups is 1. The third-order valence-electron chi connectivity index (χ3n) is 4.60. The van der Waals surface area contributed by atoms with Crippen LogP contribution in [0.3, 0.4) is 0 Å². The maximum atomic E-state index is 12.3. The first kappa shape index (κ1) is 18.2. The highest BCUT2D eigenvalue weighted by Crippen LogP contribution is 2.25. The van der Waals surface area contributed by atoms with Crippen molar-refractivity contribution in [1.82, 2.24) is 9.97 Å². The van der Waals surface area contributed by atoms with Gasteiger partial charge < -0.3 is 16.0 Å². The number of rotatable bonds is 6. The number of aromatic nitrogens is 2. The van der Waals surface area contributed by atoms with E-state index >= 15 is 0 Å². The van der Waals surface area contributed by atoms with Crippen LogP contribution in [0.1, 0.15) is 44.7 Å². The summed E-state index contributed by atoms with van der Waals surface area (Å²) in [5.74, 6) is 1.66. The number of amides is 1. The topological polar surface area (TPSA) is 78.9 Å². The Morgan fingerprint density at radius 1 is 1.08 bits per heavy atom. The van der Waals surface area contributed by atoms with Gasteiger partial charge in [-0.05, 0) is 51.0 Å². The van der Waals surface area contributed by atoms with Gasteiger partial charge in [0.1, 0.15) is 5.82 Å². The average Bonchev–Trinajstić information content (AvgIpc) is 2.64. The molecule has 3 rings (SSSR count). The lowest BCUT2D eigenvalue weighted by molar-refractivity contribution is -0.120. The minimum atomic E-state index is 0.141. The summed E-state index contributed by atoms with van der Waals surface area (Å²) < 4.78 is 0. The standard InChI is InChI=1S/C20H27N5O/c1-3-21-18-13-14(2)22-20(25-18)24-17-11-9-16(10-12-17)23-19(26)15-7-5-4-6-8-15/h9-13,15H,3-8H2,1-2H3,(H,23,26)(H2,21,22,24,25). The Labute approximate surface area is 154 Å². The van der Waals surface area contributed by atoms with E-state index in [2.05, 4.69) is 25.9 Å². The monoisotopic (exact) mass is 353 g/mol. The van der Waals surface area contributed by atoms with E-state index < -0.39 is 0 Å². The van der Waals surface area contributed by atoms with Crippen LogP contribution in [0.25, 0.3) is 0 Å². The smallest absolute Gasteiger partial charge is 0.229 e. The molecule has 0 radical (unpaired) electrons. The number of aryl methyl sites for hydroxylation is 1. The zero-order valence-electron chi connectivity index (χ0n) is 15.5. The number of anilines is 4. The largest absolute Gasteiger partial charge is 0.370 e. The van der Waals surface area contributed by atoms with Gasteiger partial charge >= 0.3 is 0 Å². The maximum Gasteiger partial charge on any atom is 0.229 e. The van der Waals surface area contributed by atoms with Crippen molar-refractivity contribution < 1.29 is 4.79 Å². The van der Waals surface area contributed by atoms with Crippen LogP contribution in [0.4, 0.5) is 23.1 Å². The molecule has 1 aliphatic rings. The van der Waals surface area contributed by atoms with Crippen molar-refractivity contribution >= 4 is 29.0 Å². The van der Waals surface area contributed by atoms with Crippen LogP contribution in [0.2, 0.25) is 0 Å². The summed E-state index contributed by atoms with van der Waals surface area (Å²) in [7, 11) is 0. The molecule has 6 nitrogen and oxygen atoms in total. The molecule has 1 amide bonds. The molecule has 2 aromatic rings. The van der Waals surface area contributed by atoms with Gasteiger partial charge in [0.25, 0.3) is 0 Å². The minimum Gasteiger partial charge on any atom is -0.370 e. The molecule has 0 saturated heterocycles. The van der Waals surface area contributed by atoms with E-state index in [-0.39, 0.29) is 11.8 Å². The second kappa shape index (κ2) is 8.65. The number of hydrogen-bond donors (Lipinski definition) is 3. The quantitative estimate of drug-likeness (QED) is 0.713. The van der Waals surface area contributed by atoms with Gasteiger partial charge in [0.15, 0.2) is 0 Å². The van der Waals surface area contributed by atoms with Crippen molar-refractivity contribution in [3.63, 3.8) is 0 Å². The predicted molar refractivity (Wildman–Crippen MR) is 106 cm³/mol. The van der Waals surface area contributed by atoms with Crippen LogP contribution in [0.5, 0.6) is 0 Å². The molecule has 6 heteroatoms. The van der Waals surface area contributed by atoms with Crippen molar-refractivity contribution in [3.8, 4) is 0 Å². The normalized spacial score (nSPS) is 14.7. The number of hydrogen-bond acceptors (Lipinski definition) is 5. The highest BCUT2D eigenvalue weighted by Gasteiger charge is 2.20. The van der Waals surface area contributed by atoms with Gasteiger partial charge in [-0.15, -0.1) is 0 Å². The molecule has 3 N–H and O–H groups in total. The van der Waals surface area contributed by atoms with Crippen molar-refractivity contribution in [3.05, 3.63) is 36.0 Å².